The Bertz CT molecular complexity index is 377. The largest absolute Gasteiger partial charge is 0.385 e. The van der Waals surface area contributed by atoms with E-state index in [2.05, 4.69) is 30.4 Å². The van der Waals surface area contributed by atoms with E-state index in [4.69, 9.17) is 5.26 Å². The van der Waals surface area contributed by atoms with Crippen molar-refractivity contribution in [3.8, 4) is 6.07 Å². The van der Waals surface area contributed by atoms with Crippen LogP contribution in [0.5, 0.6) is 0 Å². The van der Waals surface area contributed by atoms with Gasteiger partial charge in [0.05, 0.1) is 11.6 Å². The number of benzene rings is 1. The highest BCUT2D eigenvalue weighted by molar-refractivity contribution is 5.51. The second-order valence-electron chi connectivity index (χ2n) is 4.23. The average molecular weight is 217 g/mol. The summed E-state index contributed by atoms with van der Waals surface area (Å²) in [7, 11) is 4.15. The van der Waals surface area contributed by atoms with E-state index < -0.39 is 0 Å². The van der Waals surface area contributed by atoms with Crippen LogP contribution in [0.1, 0.15) is 17.5 Å². The first kappa shape index (κ1) is 12.5. The van der Waals surface area contributed by atoms with Gasteiger partial charge in [0.2, 0.25) is 0 Å². The molecule has 0 aliphatic carbocycles. The van der Waals surface area contributed by atoms with Gasteiger partial charge in [0.1, 0.15) is 0 Å². The first-order chi connectivity index (χ1) is 7.63. The predicted octanol–water partition coefficient (Wildman–Crippen LogP) is 2.23. The number of hydrogen-bond donors (Lipinski definition) is 1. The fourth-order valence-electron chi connectivity index (χ4n) is 1.53. The molecule has 0 aromatic heterocycles. The molecule has 16 heavy (non-hydrogen) atoms. The van der Waals surface area contributed by atoms with Crippen LogP contribution >= 0.6 is 0 Å². The van der Waals surface area contributed by atoms with Gasteiger partial charge in [-0.3, -0.25) is 0 Å². The lowest BCUT2D eigenvalue weighted by molar-refractivity contribution is 0.405. The monoisotopic (exact) mass is 217 g/mol. The Morgan fingerprint density at radius 3 is 2.69 bits per heavy atom. The smallest absolute Gasteiger partial charge is 0.0994 e. The van der Waals surface area contributed by atoms with Gasteiger partial charge in [-0.2, -0.15) is 5.26 Å². The third-order valence-corrected chi connectivity index (χ3v) is 2.46. The molecule has 1 aromatic rings. The normalized spacial score (nSPS) is 10.2. The molecule has 0 radical (unpaired) electrons. The van der Waals surface area contributed by atoms with E-state index in [1.165, 1.54) is 0 Å². The van der Waals surface area contributed by atoms with Crippen molar-refractivity contribution in [1.82, 2.24) is 4.90 Å². The molecule has 0 amide bonds. The Kier molecular flexibility index (Phi) is 4.81. The lowest BCUT2D eigenvalue weighted by atomic mass is 10.1. The van der Waals surface area contributed by atoms with E-state index >= 15 is 0 Å². The quantitative estimate of drug-likeness (QED) is 0.769. The second-order valence-corrected chi connectivity index (χ2v) is 4.23. The molecule has 3 heteroatoms. The van der Waals surface area contributed by atoms with E-state index in [1.54, 1.807) is 0 Å². The lowest BCUT2D eigenvalue weighted by Gasteiger charge is -2.11. The van der Waals surface area contributed by atoms with Crippen molar-refractivity contribution >= 4 is 5.69 Å². The van der Waals surface area contributed by atoms with Gasteiger partial charge in [-0.05, 0) is 57.7 Å². The summed E-state index contributed by atoms with van der Waals surface area (Å²) in [6, 6.07) is 8.02. The van der Waals surface area contributed by atoms with Gasteiger partial charge >= 0.3 is 0 Å². The summed E-state index contributed by atoms with van der Waals surface area (Å²) >= 11 is 0. The topological polar surface area (TPSA) is 39.1 Å². The van der Waals surface area contributed by atoms with Crippen molar-refractivity contribution in [2.75, 3.05) is 32.5 Å². The van der Waals surface area contributed by atoms with Crippen LogP contribution in [0.25, 0.3) is 0 Å². The van der Waals surface area contributed by atoms with Crippen molar-refractivity contribution < 1.29 is 0 Å². The van der Waals surface area contributed by atoms with E-state index in [0.29, 0.717) is 0 Å². The molecule has 0 saturated carbocycles. The maximum atomic E-state index is 8.81. The molecule has 1 rings (SSSR count). The molecule has 0 aliphatic rings. The summed E-state index contributed by atoms with van der Waals surface area (Å²) in [5, 5.41) is 12.2. The summed E-state index contributed by atoms with van der Waals surface area (Å²) in [5.41, 5.74) is 2.87. The third-order valence-electron chi connectivity index (χ3n) is 2.46. The van der Waals surface area contributed by atoms with Crippen LogP contribution in [0.4, 0.5) is 5.69 Å². The fourth-order valence-corrected chi connectivity index (χ4v) is 1.53. The van der Waals surface area contributed by atoms with Crippen molar-refractivity contribution in [3.63, 3.8) is 0 Å². The maximum absolute atomic E-state index is 8.81. The summed E-state index contributed by atoms with van der Waals surface area (Å²) in [5.74, 6) is 0. The van der Waals surface area contributed by atoms with Crippen molar-refractivity contribution in [3.05, 3.63) is 29.3 Å². The molecule has 0 bridgehead atoms. The standard InChI is InChI=1S/C13H19N3/c1-11-9-13(6-5-12(11)10-14)15-7-4-8-16(2)3/h5-6,9,15H,4,7-8H2,1-3H3. The Labute approximate surface area is 97.7 Å². The minimum absolute atomic E-state index is 0.749. The molecular weight excluding hydrogens is 198 g/mol. The molecule has 0 atom stereocenters. The third kappa shape index (κ3) is 3.92. The van der Waals surface area contributed by atoms with Gasteiger partial charge in [0, 0.05) is 12.2 Å². The van der Waals surface area contributed by atoms with Crippen LogP contribution in [-0.4, -0.2) is 32.1 Å². The molecular formula is C13H19N3. The first-order valence-electron chi connectivity index (χ1n) is 5.53. The van der Waals surface area contributed by atoms with Gasteiger partial charge in [-0.1, -0.05) is 0 Å². The molecule has 3 nitrogen and oxygen atoms in total. The van der Waals surface area contributed by atoms with Gasteiger partial charge in [-0.15, -0.1) is 0 Å². The zero-order chi connectivity index (χ0) is 12.0. The number of rotatable bonds is 5. The van der Waals surface area contributed by atoms with Crippen molar-refractivity contribution in [1.29, 1.82) is 5.26 Å². The van der Waals surface area contributed by atoms with Crippen LogP contribution in [-0.2, 0) is 0 Å². The number of nitrogens with one attached hydrogen (secondary N) is 1. The second kappa shape index (κ2) is 6.14. The van der Waals surface area contributed by atoms with E-state index in [0.717, 1.165) is 36.3 Å². The Morgan fingerprint density at radius 1 is 1.38 bits per heavy atom. The lowest BCUT2D eigenvalue weighted by Crippen LogP contribution is -2.16. The first-order valence-corrected chi connectivity index (χ1v) is 5.53. The molecule has 0 spiro atoms. The zero-order valence-corrected chi connectivity index (χ0v) is 10.2. The Morgan fingerprint density at radius 2 is 2.12 bits per heavy atom. The van der Waals surface area contributed by atoms with Crippen molar-refractivity contribution in [2.45, 2.75) is 13.3 Å². The summed E-state index contributed by atoms with van der Waals surface area (Å²) in [6.45, 7) is 4.01. The van der Waals surface area contributed by atoms with Crippen LogP contribution in [0.15, 0.2) is 18.2 Å². The highest BCUT2D eigenvalue weighted by Crippen LogP contribution is 2.14. The molecule has 0 aliphatic heterocycles. The molecule has 0 heterocycles. The molecule has 0 unspecified atom stereocenters. The van der Waals surface area contributed by atoms with E-state index in [-0.39, 0.29) is 0 Å². The Hall–Kier alpha value is -1.53. The predicted molar refractivity (Wildman–Crippen MR) is 67.6 cm³/mol. The maximum Gasteiger partial charge on any atom is 0.0994 e. The van der Waals surface area contributed by atoms with Crippen LogP contribution in [0.2, 0.25) is 0 Å². The average Bonchev–Trinajstić information content (AvgIpc) is 2.24. The summed E-state index contributed by atoms with van der Waals surface area (Å²) in [4.78, 5) is 2.17. The minimum Gasteiger partial charge on any atom is -0.385 e. The van der Waals surface area contributed by atoms with E-state index in [1.807, 2.05) is 25.1 Å². The number of anilines is 1. The number of nitrogens with zero attached hydrogens (tertiary/aromatic N) is 2. The SMILES string of the molecule is Cc1cc(NCCCN(C)C)ccc1C#N. The van der Waals surface area contributed by atoms with Gasteiger partial charge in [-0.25, -0.2) is 0 Å². The molecule has 0 fully saturated rings. The molecule has 1 N–H and O–H groups in total. The minimum atomic E-state index is 0.749. The summed E-state index contributed by atoms with van der Waals surface area (Å²) < 4.78 is 0. The van der Waals surface area contributed by atoms with Crippen molar-refractivity contribution in [2.24, 2.45) is 0 Å². The highest BCUT2D eigenvalue weighted by atomic mass is 15.1. The summed E-state index contributed by atoms with van der Waals surface area (Å²) in [6.07, 6.45) is 1.12. The number of nitriles is 1. The van der Waals surface area contributed by atoms with Crippen LogP contribution in [0, 0.1) is 18.3 Å². The van der Waals surface area contributed by atoms with Gasteiger partial charge in [0.15, 0.2) is 0 Å². The van der Waals surface area contributed by atoms with E-state index in [9.17, 15) is 0 Å². The molecule has 1 aromatic carbocycles. The van der Waals surface area contributed by atoms with Crippen LogP contribution < -0.4 is 5.32 Å². The zero-order valence-electron chi connectivity index (χ0n) is 10.2. The highest BCUT2D eigenvalue weighted by Gasteiger charge is 1.98. The number of hydrogen-bond acceptors (Lipinski definition) is 3. The number of aryl methyl sites for hydroxylation is 1. The Balaban J connectivity index is 2.44. The van der Waals surface area contributed by atoms with Gasteiger partial charge in [0.25, 0.3) is 0 Å². The van der Waals surface area contributed by atoms with Crippen LogP contribution in [0.3, 0.4) is 0 Å². The fraction of sp³-hybridized carbons (Fsp3) is 0.462. The molecule has 0 saturated heterocycles. The molecule has 86 valence electrons. The van der Waals surface area contributed by atoms with Gasteiger partial charge < -0.3 is 10.2 Å².